The second kappa shape index (κ2) is 5.46. The van der Waals surface area contributed by atoms with Crippen molar-refractivity contribution in [1.29, 1.82) is 0 Å². The maximum Gasteiger partial charge on any atom is 0.255 e. The lowest BCUT2D eigenvalue weighted by Gasteiger charge is -2.07. The molecule has 1 aromatic carbocycles. The number of carbonyl (C=O) groups is 1. The van der Waals surface area contributed by atoms with Crippen LogP contribution in [0.15, 0.2) is 30.3 Å². The number of carbonyl (C=O) groups excluding carboxylic acids is 1. The fraction of sp³-hybridized carbons (Fsp3) is 0.308. The molecule has 0 saturated carbocycles. The highest BCUT2D eigenvalue weighted by Crippen LogP contribution is 2.21. The number of benzene rings is 1. The molecule has 98 valence electrons. The Kier molecular flexibility index (Phi) is 3.52. The largest absolute Gasteiger partial charge is 0.368 e. The Morgan fingerprint density at radius 1 is 1.37 bits per heavy atom. The number of nitrogens with zero attached hydrogens (tertiary/aromatic N) is 2. The first-order valence-corrected chi connectivity index (χ1v) is 6.92. The second-order valence-electron chi connectivity index (χ2n) is 4.28. The first-order valence-electron chi connectivity index (χ1n) is 6.14. The van der Waals surface area contributed by atoms with Gasteiger partial charge in [0.15, 0.2) is 5.82 Å². The first kappa shape index (κ1) is 12.3. The minimum atomic E-state index is -0.343. The molecule has 0 bridgehead atoms. The first-order chi connectivity index (χ1) is 9.33. The molecule has 0 aliphatic carbocycles. The number of anilines is 1. The smallest absolute Gasteiger partial charge is 0.255 e. The summed E-state index contributed by atoms with van der Waals surface area (Å²) < 4.78 is 9.56. The van der Waals surface area contributed by atoms with E-state index in [2.05, 4.69) is 14.7 Å². The van der Waals surface area contributed by atoms with Crippen molar-refractivity contribution >= 4 is 22.6 Å². The summed E-state index contributed by atoms with van der Waals surface area (Å²) in [6.45, 7) is 0.656. The summed E-state index contributed by atoms with van der Waals surface area (Å²) >= 11 is 1.18. The normalized spacial score (nSPS) is 18.4. The van der Waals surface area contributed by atoms with Crippen LogP contribution in [0.5, 0.6) is 0 Å². The van der Waals surface area contributed by atoms with Gasteiger partial charge >= 0.3 is 0 Å². The van der Waals surface area contributed by atoms with Gasteiger partial charge in [0.25, 0.3) is 5.91 Å². The molecule has 1 atom stereocenters. The lowest BCUT2D eigenvalue weighted by molar-refractivity contribution is -0.124. The van der Waals surface area contributed by atoms with E-state index in [4.69, 9.17) is 4.74 Å². The number of hydrogen-bond acceptors (Lipinski definition) is 5. The zero-order valence-electron chi connectivity index (χ0n) is 10.2. The van der Waals surface area contributed by atoms with Gasteiger partial charge in [0.2, 0.25) is 5.13 Å². The Bertz CT molecular complexity index is 564. The quantitative estimate of drug-likeness (QED) is 0.933. The molecule has 6 heteroatoms. The summed E-state index contributed by atoms with van der Waals surface area (Å²) in [5.41, 5.74) is 0.941. The molecule has 5 nitrogen and oxygen atoms in total. The highest BCUT2D eigenvalue weighted by atomic mass is 32.1. The van der Waals surface area contributed by atoms with Crippen LogP contribution in [0.3, 0.4) is 0 Å². The lowest BCUT2D eigenvalue weighted by Crippen LogP contribution is -2.26. The van der Waals surface area contributed by atoms with E-state index in [9.17, 15) is 4.79 Å². The Balaban J connectivity index is 1.70. The Labute approximate surface area is 114 Å². The van der Waals surface area contributed by atoms with Crippen LogP contribution in [0.4, 0.5) is 5.13 Å². The van der Waals surface area contributed by atoms with Crippen molar-refractivity contribution in [2.45, 2.75) is 18.9 Å². The van der Waals surface area contributed by atoms with E-state index in [1.165, 1.54) is 11.5 Å². The van der Waals surface area contributed by atoms with Crippen LogP contribution in [0.2, 0.25) is 0 Å². The van der Waals surface area contributed by atoms with Gasteiger partial charge in [-0.05, 0) is 12.8 Å². The monoisotopic (exact) mass is 275 g/mol. The molecule has 0 unspecified atom stereocenters. The van der Waals surface area contributed by atoms with Crippen molar-refractivity contribution in [2.24, 2.45) is 0 Å². The van der Waals surface area contributed by atoms with Gasteiger partial charge in [-0.3, -0.25) is 10.1 Å². The maximum absolute atomic E-state index is 11.9. The zero-order valence-corrected chi connectivity index (χ0v) is 11.0. The van der Waals surface area contributed by atoms with Gasteiger partial charge in [-0.15, -0.1) is 0 Å². The Hall–Kier alpha value is -1.79. The van der Waals surface area contributed by atoms with Crippen molar-refractivity contribution in [3.8, 4) is 11.4 Å². The summed E-state index contributed by atoms with van der Waals surface area (Å²) in [6.07, 6.45) is 1.36. The van der Waals surface area contributed by atoms with Crippen molar-refractivity contribution in [3.63, 3.8) is 0 Å². The number of nitrogens with one attached hydrogen (secondary N) is 1. The number of aromatic nitrogens is 2. The topological polar surface area (TPSA) is 64.1 Å². The zero-order chi connectivity index (χ0) is 13.1. The minimum Gasteiger partial charge on any atom is -0.368 e. The van der Waals surface area contributed by atoms with Crippen LogP contribution < -0.4 is 5.32 Å². The van der Waals surface area contributed by atoms with Gasteiger partial charge in [-0.2, -0.15) is 9.36 Å². The molecule has 3 rings (SSSR count). The molecular formula is C13H13N3O2S. The van der Waals surface area contributed by atoms with Gasteiger partial charge in [-0.25, -0.2) is 0 Å². The maximum atomic E-state index is 11.9. The average molecular weight is 275 g/mol. The summed E-state index contributed by atoms with van der Waals surface area (Å²) in [5, 5.41) is 3.27. The average Bonchev–Trinajstić information content (AvgIpc) is 3.11. The van der Waals surface area contributed by atoms with E-state index < -0.39 is 0 Å². The predicted molar refractivity (Wildman–Crippen MR) is 72.9 cm³/mol. The van der Waals surface area contributed by atoms with Gasteiger partial charge in [0.1, 0.15) is 6.10 Å². The third-order valence-electron chi connectivity index (χ3n) is 2.91. The van der Waals surface area contributed by atoms with Crippen LogP contribution in [-0.2, 0) is 9.53 Å². The minimum absolute atomic E-state index is 0.131. The SMILES string of the molecule is O=C(Nc1nc(-c2ccccc2)ns1)[C@H]1CCCO1. The standard InChI is InChI=1S/C13H13N3O2S/c17-12(10-7-4-8-18-10)15-13-14-11(16-19-13)9-5-2-1-3-6-9/h1-3,5-6,10H,4,7-8H2,(H,14,15,16,17)/t10-/m1/s1. The van der Waals surface area contributed by atoms with E-state index in [0.29, 0.717) is 17.6 Å². The molecule has 1 fully saturated rings. The summed E-state index contributed by atoms with van der Waals surface area (Å²) in [6, 6.07) is 9.68. The van der Waals surface area contributed by atoms with Crippen molar-refractivity contribution in [1.82, 2.24) is 9.36 Å². The second-order valence-corrected chi connectivity index (χ2v) is 5.03. The summed E-state index contributed by atoms with van der Waals surface area (Å²) in [5.74, 6) is 0.501. The van der Waals surface area contributed by atoms with Crippen molar-refractivity contribution in [2.75, 3.05) is 11.9 Å². The Morgan fingerprint density at radius 3 is 2.95 bits per heavy atom. The van der Waals surface area contributed by atoms with Crippen LogP contribution in [-0.4, -0.2) is 28.0 Å². The van der Waals surface area contributed by atoms with Crippen molar-refractivity contribution < 1.29 is 9.53 Å². The molecule has 1 aliphatic rings. The van der Waals surface area contributed by atoms with E-state index in [-0.39, 0.29) is 12.0 Å². The third-order valence-corrected chi connectivity index (χ3v) is 3.54. The molecule has 19 heavy (non-hydrogen) atoms. The molecule has 1 aromatic heterocycles. The van der Waals surface area contributed by atoms with E-state index in [1.807, 2.05) is 30.3 Å². The van der Waals surface area contributed by atoms with Gasteiger partial charge in [0.05, 0.1) is 0 Å². The van der Waals surface area contributed by atoms with Crippen LogP contribution in [0.1, 0.15) is 12.8 Å². The van der Waals surface area contributed by atoms with E-state index in [0.717, 1.165) is 18.4 Å². The molecule has 2 heterocycles. The molecular weight excluding hydrogens is 262 g/mol. The number of rotatable bonds is 3. The van der Waals surface area contributed by atoms with Crippen LogP contribution in [0, 0.1) is 0 Å². The fourth-order valence-corrected chi connectivity index (χ4v) is 2.54. The molecule has 1 N–H and O–H groups in total. The lowest BCUT2D eigenvalue weighted by atomic mass is 10.2. The summed E-state index contributed by atoms with van der Waals surface area (Å²) in [4.78, 5) is 16.2. The van der Waals surface area contributed by atoms with E-state index in [1.54, 1.807) is 0 Å². The van der Waals surface area contributed by atoms with Gasteiger partial charge in [-0.1, -0.05) is 30.3 Å². The molecule has 1 amide bonds. The highest BCUT2D eigenvalue weighted by molar-refractivity contribution is 7.10. The van der Waals surface area contributed by atoms with E-state index >= 15 is 0 Å². The number of hydrogen-bond donors (Lipinski definition) is 1. The van der Waals surface area contributed by atoms with Crippen LogP contribution in [0.25, 0.3) is 11.4 Å². The molecule has 1 saturated heterocycles. The van der Waals surface area contributed by atoms with Crippen LogP contribution >= 0.6 is 11.5 Å². The molecule has 1 aliphatic heterocycles. The fourth-order valence-electron chi connectivity index (χ4n) is 1.95. The predicted octanol–water partition coefficient (Wildman–Crippen LogP) is 2.32. The third kappa shape index (κ3) is 2.80. The molecule has 2 aromatic rings. The molecule has 0 spiro atoms. The van der Waals surface area contributed by atoms with Crippen molar-refractivity contribution in [3.05, 3.63) is 30.3 Å². The van der Waals surface area contributed by atoms with Gasteiger partial charge < -0.3 is 4.74 Å². The number of amides is 1. The highest BCUT2D eigenvalue weighted by Gasteiger charge is 2.24. The van der Waals surface area contributed by atoms with Gasteiger partial charge in [0, 0.05) is 23.7 Å². The molecule has 0 radical (unpaired) electrons. The number of ether oxygens (including phenoxy) is 1. The summed E-state index contributed by atoms with van der Waals surface area (Å²) in [7, 11) is 0. The Morgan fingerprint density at radius 2 is 2.21 bits per heavy atom.